The van der Waals surface area contributed by atoms with Gasteiger partial charge in [-0.1, -0.05) is 30.3 Å². The first-order valence-corrected chi connectivity index (χ1v) is 12.3. The second-order valence-corrected chi connectivity index (χ2v) is 9.52. The number of anilines is 1. The van der Waals surface area contributed by atoms with Crippen LogP contribution in [0.4, 0.5) is 5.69 Å². The fourth-order valence-electron chi connectivity index (χ4n) is 3.43. The number of hydrogen-bond acceptors (Lipinski definition) is 5. The number of amides is 1. The maximum atomic E-state index is 12.6. The Bertz CT molecular complexity index is 1440. The Morgan fingerprint density at radius 1 is 0.971 bits per heavy atom. The van der Waals surface area contributed by atoms with Crippen molar-refractivity contribution in [1.29, 1.82) is 0 Å². The van der Waals surface area contributed by atoms with Crippen LogP contribution in [0, 0.1) is 0 Å². The van der Waals surface area contributed by atoms with Gasteiger partial charge in [-0.3, -0.25) is 4.79 Å². The number of hydrogen-bond donors (Lipinski definition) is 1. The number of para-hydroxylation sites is 2. The summed E-state index contributed by atoms with van der Waals surface area (Å²) in [6.45, 7) is 0. The summed E-state index contributed by atoms with van der Waals surface area (Å²) in [5.41, 5.74) is 3.38. The van der Waals surface area contributed by atoms with E-state index < -0.39 is 15.7 Å². The Balaban J connectivity index is 1.66. The van der Waals surface area contributed by atoms with E-state index >= 15 is 0 Å². The highest BCUT2D eigenvalue weighted by Gasteiger charge is 2.14. The largest absolute Gasteiger partial charge is 0.497 e. The third-order valence-electron chi connectivity index (χ3n) is 5.09. The first-order valence-electron chi connectivity index (χ1n) is 10.4. The van der Waals surface area contributed by atoms with Gasteiger partial charge in [-0.25, -0.2) is 13.1 Å². The number of methoxy groups -OCH3 is 1. The predicted molar refractivity (Wildman–Crippen MR) is 133 cm³/mol. The van der Waals surface area contributed by atoms with Crippen LogP contribution in [0.25, 0.3) is 23.0 Å². The number of nitrogens with zero attached hydrogens (tertiary/aromatic N) is 2. The van der Waals surface area contributed by atoms with E-state index in [0.29, 0.717) is 5.69 Å². The summed E-state index contributed by atoms with van der Waals surface area (Å²) in [4.78, 5) is 12.7. The van der Waals surface area contributed by atoms with E-state index in [1.807, 2.05) is 60.8 Å². The molecule has 0 radical (unpaired) electrons. The molecule has 0 aliphatic rings. The second-order valence-electron chi connectivity index (χ2n) is 7.53. The molecule has 34 heavy (non-hydrogen) atoms. The number of aromatic nitrogens is 2. The van der Waals surface area contributed by atoms with Crippen molar-refractivity contribution in [3.05, 3.63) is 96.7 Å². The fourth-order valence-corrected chi connectivity index (χ4v) is 4.27. The highest BCUT2D eigenvalue weighted by molar-refractivity contribution is 7.90. The second kappa shape index (κ2) is 9.76. The Labute approximate surface area is 198 Å². The maximum Gasteiger partial charge on any atom is 0.248 e. The van der Waals surface area contributed by atoms with Crippen molar-refractivity contribution in [2.24, 2.45) is 0 Å². The molecule has 4 aromatic rings. The molecular weight excluding hydrogens is 450 g/mol. The average Bonchev–Trinajstić information content (AvgIpc) is 3.27. The van der Waals surface area contributed by atoms with Gasteiger partial charge in [-0.2, -0.15) is 5.10 Å². The zero-order valence-electron chi connectivity index (χ0n) is 18.7. The van der Waals surface area contributed by atoms with Crippen LogP contribution >= 0.6 is 0 Å². The molecule has 7 nitrogen and oxygen atoms in total. The van der Waals surface area contributed by atoms with Crippen molar-refractivity contribution in [3.63, 3.8) is 0 Å². The minimum atomic E-state index is -3.48. The van der Waals surface area contributed by atoms with Gasteiger partial charge in [0.15, 0.2) is 9.84 Å². The summed E-state index contributed by atoms with van der Waals surface area (Å²) >= 11 is 0. The van der Waals surface area contributed by atoms with Crippen LogP contribution in [-0.2, 0) is 14.6 Å². The summed E-state index contributed by atoms with van der Waals surface area (Å²) in [5.74, 6) is 0.275. The van der Waals surface area contributed by atoms with E-state index in [-0.39, 0.29) is 10.6 Å². The molecule has 0 unspecified atom stereocenters. The zero-order valence-corrected chi connectivity index (χ0v) is 19.5. The molecule has 0 aliphatic heterocycles. The lowest BCUT2D eigenvalue weighted by atomic mass is 10.1. The molecule has 1 amide bonds. The molecule has 3 aromatic carbocycles. The van der Waals surface area contributed by atoms with Crippen LogP contribution < -0.4 is 10.1 Å². The van der Waals surface area contributed by atoms with Crippen LogP contribution in [0.15, 0.2) is 96.0 Å². The van der Waals surface area contributed by atoms with Gasteiger partial charge in [0.05, 0.1) is 29.1 Å². The minimum absolute atomic E-state index is 0.0626. The number of carbonyl (C=O) groups excluding carboxylic acids is 1. The molecule has 1 N–H and O–H groups in total. The standard InChI is InChI=1S/C26H23N3O4S/c1-33-22-15-12-19(13-16-22)26-20(18-29(28-26)21-8-4-3-5-9-21)14-17-25(30)27-23-10-6-7-11-24(23)34(2,31)32/h3-18H,1-2H3,(H,27,30)/b17-14+. The van der Waals surface area contributed by atoms with Crippen molar-refractivity contribution >= 4 is 27.5 Å². The summed E-state index contributed by atoms with van der Waals surface area (Å²) in [6, 6.07) is 23.4. The van der Waals surface area contributed by atoms with Gasteiger partial charge in [0.2, 0.25) is 5.91 Å². The number of ether oxygens (including phenoxy) is 1. The molecule has 1 heterocycles. The normalized spacial score (nSPS) is 11.5. The molecule has 0 bridgehead atoms. The van der Waals surface area contributed by atoms with Crippen LogP contribution in [-0.4, -0.2) is 37.5 Å². The summed E-state index contributed by atoms with van der Waals surface area (Å²) in [7, 11) is -1.88. The molecular formula is C26H23N3O4S. The van der Waals surface area contributed by atoms with Crippen molar-refractivity contribution < 1.29 is 17.9 Å². The third-order valence-corrected chi connectivity index (χ3v) is 6.24. The predicted octanol–water partition coefficient (Wildman–Crippen LogP) is 4.60. The first kappa shape index (κ1) is 23.0. The molecule has 0 atom stereocenters. The van der Waals surface area contributed by atoms with E-state index in [4.69, 9.17) is 9.84 Å². The first-order chi connectivity index (χ1) is 16.3. The summed E-state index contributed by atoms with van der Waals surface area (Å²) in [6.07, 6.45) is 5.96. The van der Waals surface area contributed by atoms with Crippen LogP contribution in [0.2, 0.25) is 0 Å². The third kappa shape index (κ3) is 5.24. The molecule has 0 fully saturated rings. The van der Waals surface area contributed by atoms with Crippen LogP contribution in [0.5, 0.6) is 5.75 Å². The number of nitrogens with one attached hydrogen (secondary N) is 1. The number of carbonyl (C=O) groups is 1. The van der Waals surface area contributed by atoms with Crippen molar-refractivity contribution in [1.82, 2.24) is 9.78 Å². The number of sulfone groups is 1. The highest BCUT2D eigenvalue weighted by Crippen LogP contribution is 2.27. The molecule has 1 aromatic heterocycles. The van der Waals surface area contributed by atoms with Gasteiger partial charge in [-0.15, -0.1) is 0 Å². The van der Waals surface area contributed by atoms with Crippen LogP contribution in [0.1, 0.15) is 5.56 Å². The molecule has 0 saturated carbocycles. The molecule has 0 saturated heterocycles. The SMILES string of the molecule is COc1ccc(-c2nn(-c3ccccc3)cc2/C=C/C(=O)Nc2ccccc2S(C)(=O)=O)cc1. The topological polar surface area (TPSA) is 90.3 Å². The van der Waals surface area contributed by atoms with Crippen molar-refractivity contribution in [2.75, 3.05) is 18.7 Å². The van der Waals surface area contributed by atoms with E-state index in [2.05, 4.69) is 5.32 Å². The molecule has 4 rings (SSSR count). The van der Waals surface area contributed by atoms with Gasteiger partial charge >= 0.3 is 0 Å². The maximum absolute atomic E-state index is 12.6. The van der Waals surface area contributed by atoms with E-state index in [1.165, 1.54) is 12.1 Å². The van der Waals surface area contributed by atoms with Gasteiger partial charge in [0.1, 0.15) is 5.75 Å². The van der Waals surface area contributed by atoms with E-state index in [0.717, 1.165) is 28.8 Å². The van der Waals surface area contributed by atoms with Gasteiger partial charge in [0, 0.05) is 29.7 Å². The van der Waals surface area contributed by atoms with E-state index in [9.17, 15) is 13.2 Å². The molecule has 0 aliphatic carbocycles. The van der Waals surface area contributed by atoms with Gasteiger partial charge < -0.3 is 10.1 Å². The van der Waals surface area contributed by atoms with Crippen molar-refractivity contribution in [2.45, 2.75) is 4.90 Å². The lowest BCUT2D eigenvalue weighted by molar-refractivity contribution is -0.111. The minimum Gasteiger partial charge on any atom is -0.497 e. The lowest BCUT2D eigenvalue weighted by Gasteiger charge is -2.07. The smallest absolute Gasteiger partial charge is 0.248 e. The lowest BCUT2D eigenvalue weighted by Crippen LogP contribution is -2.11. The average molecular weight is 474 g/mol. The zero-order chi connectivity index (χ0) is 24.1. The Morgan fingerprint density at radius 3 is 2.32 bits per heavy atom. The summed E-state index contributed by atoms with van der Waals surface area (Å²) < 4.78 is 31.0. The fraction of sp³-hybridized carbons (Fsp3) is 0.0769. The van der Waals surface area contributed by atoms with Crippen molar-refractivity contribution in [3.8, 4) is 22.7 Å². The number of benzene rings is 3. The molecule has 172 valence electrons. The Hall–Kier alpha value is -4.17. The van der Waals surface area contributed by atoms with Crippen LogP contribution in [0.3, 0.4) is 0 Å². The Morgan fingerprint density at radius 2 is 1.65 bits per heavy atom. The highest BCUT2D eigenvalue weighted by atomic mass is 32.2. The quantitative estimate of drug-likeness (QED) is 0.396. The monoisotopic (exact) mass is 473 g/mol. The van der Waals surface area contributed by atoms with E-state index in [1.54, 1.807) is 36.1 Å². The van der Waals surface area contributed by atoms with Gasteiger partial charge in [-0.05, 0) is 54.6 Å². The number of rotatable bonds is 7. The summed E-state index contributed by atoms with van der Waals surface area (Å²) in [5, 5.41) is 7.38. The molecule has 8 heteroatoms. The molecule has 0 spiro atoms. The van der Waals surface area contributed by atoms with Gasteiger partial charge in [0.25, 0.3) is 0 Å². The Kier molecular flexibility index (Phi) is 6.60.